The molecule has 0 aliphatic rings. The van der Waals surface area contributed by atoms with E-state index in [2.05, 4.69) is 6.58 Å². The van der Waals surface area contributed by atoms with Crippen LogP contribution in [0.5, 0.6) is 0 Å². The van der Waals surface area contributed by atoms with Crippen LogP contribution >= 0.6 is 0 Å². The van der Waals surface area contributed by atoms with Crippen LogP contribution in [-0.4, -0.2) is 24.1 Å². The van der Waals surface area contributed by atoms with E-state index in [1.165, 1.54) is 0 Å². The molecule has 0 aromatic carbocycles. The van der Waals surface area contributed by atoms with Gasteiger partial charge in [0.15, 0.2) is 6.61 Å². The predicted octanol–water partition coefficient (Wildman–Crippen LogP) is 4.53. The minimum absolute atomic E-state index is 0.216. The van der Waals surface area contributed by atoms with Crippen molar-refractivity contribution >= 4 is 11.9 Å². The summed E-state index contributed by atoms with van der Waals surface area (Å²) in [4.78, 5) is 24.6. The molecule has 0 aromatic heterocycles. The molecule has 1 atom stereocenters. The molecule has 0 heterocycles. The summed E-state index contributed by atoms with van der Waals surface area (Å²) in [5, 5.41) is 0. The summed E-state index contributed by atoms with van der Waals surface area (Å²) >= 11 is 0. The molecule has 0 N–H and O–H groups in total. The van der Waals surface area contributed by atoms with Crippen molar-refractivity contribution in [1.82, 2.24) is 0 Å². The second-order valence-corrected chi connectivity index (χ2v) is 8.59. The van der Waals surface area contributed by atoms with Crippen LogP contribution in [0.15, 0.2) is 12.7 Å². The first kappa shape index (κ1) is 21.7. The molecule has 4 heteroatoms. The van der Waals surface area contributed by atoms with Crippen LogP contribution in [0, 0.1) is 16.2 Å². The van der Waals surface area contributed by atoms with Crippen molar-refractivity contribution < 1.29 is 19.1 Å². The number of carbonyl (C=O) groups excluding carboxylic acids is 2. The average molecular weight is 326 g/mol. The monoisotopic (exact) mass is 326 g/mol. The van der Waals surface area contributed by atoms with Crippen molar-refractivity contribution in [2.24, 2.45) is 16.2 Å². The number of ether oxygens (including phenoxy) is 2. The van der Waals surface area contributed by atoms with Crippen LogP contribution in [0.2, 0.25) is 0 Å². The normalized spacial score (nSPS) is 15.5. The second-order valence-electron chi connectivity index (χ2n) is 8.59. The molecule has 23 heavy (non-hydrogen) atoms. The van der Waals surface area contributed by atoms with Gasteiger partial charge in [0.1, 0.15) is 5.60 Å². The van der Waals surface area contributed by atoms with Gasteiger partial charge in [-0.15, -0.1) is 6.58 Å². The van der Waals surface area contributed by atoms with Gasteiger partial charge in [-0.1, -0.05) is 54.5 Å². The maximum atomic E-state index is 12.5. The van der Waals surface area contributed by atoms with Crippen molar-refractivity contribution in [2.75, 3.05) is 6.61 Å². The molecule has 0 amide bonds. The van der Waals surface area contributed by atoms with E-state index in [4.69, 9.17) is 9.47 Å². The first-order valence-electron chi connectivity index (χ1n) is 8.17. The second kappa shape index (κ2) is 7.06. The quantitative estimate of drug-likeness (QED) is 0.532. The SMILES string of the molecule is C=CC(CC)(C(=O)OCC(=O)OC(C)(C)C(C)(C)C)C(C)(C)C. The van der Waals surface area contributed by atoms with E-state index >= 15 is 0 Å². The molecule has 0 aliphatic heterocycles. The molecule has 0 saturated heterocycles. The zero-order valence-electron chi connectivity index (χ0n) is 16.3. The van der Waals surface area contributed by atoms with Gasteiger partial charge >= 0.3 is 11.9 Å². The van der Waals surface area contributed by atoms with Crippen molar-refractivity contribution in [1.29, 1.82) is 0 Å². The van der Waals surface area contributed by atoms with Crippen LogP contribution in [0.3, 0.4) is 0 Å². The van der Waals surface area contributed by atoms with Gasteiger partial charge in [0.05, 0.1) is 5.41 Å². The van der Waals surface area contributed by atoms with Crippen molar-refractivity contribution in [2.45, 2.75) is 74.3 Å². The summed E-state index contributed by atoms with van der Waals surface area (Å²) in [6.45, 7) is 20.9. The molecule has 0 radical (unpaired) electrons. The number of esters is 2. The highest BCUT2D eigenvalue weighted by atomic mass is 16.6. The Bertz CT molecular complexity index is 449. The summed E-state index contributed by atoms with van der Waals surface area (Å²) in [6.07, 6.45) is 2.18. The summed E-state index contributed by atoms with van der Waals surface area (Å²) in [6, 6.07) is 0. The Hall–Kier alpha value is -1.32. The Kier molecular flexibility index (Phi) is 6.66. The highest BCUT2D eigenvalue weighted by molar-refractivity contribution is 5.82. The summed E-state index contributed by atoms with van der Waals surface area (Å²) < 4.78 is 10.7. The van der Waals surface area contributed by atoms with Gasteiger partial charge in [0.2, 0.25) is 0 Å². The lowest BCUT2D eigenvalue weighted by atomic mass is 9.65. The van der Waals surface area contributed by atoms with Crippen molar-refractivity contribution in [3.05, 3.63) is 12.7 Å². The van der Waals surface area contributed by atoms with E-state index in [1.54, 1.807) is 6.08 Å². The summed E-state index contributed by atoms with van der Waals surface area (Å²) in [7, 11) is 0. The lowest BCUT2D eigenvalue weighted by Gasteiger charge is -2.40. The number of rotatable bonds is 6. The molecule has 0 saturated carbocycles. The smallest absolute Gasteiger partial charge is 0.344 e. The molecule has 0 fully saturated rings. The molecule has 4 nitrogen and oxygen atoms in total. The van der Waals surface area contributed by atoms with E-state index in [0.29, 0.717) is 6.42 Å². The summed E-state index contributed by atoms with van der Waals surface area (Å²) in [5.41, 5.74) is -2.05. The fraction of sp³-hybridized carbons (Fsp3) is 0.789. The van der Waals surface area contributed by atoms with Gasteiger partial charge in [-0.2, -0.15) is 0 Å². The van der Waals surface area contributed by atoms with E-state index < -0.39 is 23.0 Å². The minimum Gasteiger partial charge on any atom is -0.457 e. The number of hydrogen-bond donors (Lipinski definition) is 0. The van der Waals surface area contributed by atoms with Gasteiger partial charge in [-0.05, 0) is 25.7 Å². The maximum Gasteiger partial charge on any atom is 0.344 e. The minimum atomic E-state index is -0.827. The van der Waals surface area contributed by atoms with Crippen LogP contribution in [0.25, 0.3) is 0 Å². The third kappa shape index (κ3) is 4.82. The molecule has 134 valence electrons. The van der Waals surface area contributed by atoms with E-state index in [0.717, 1.165) is 0 Å². The van der Waals surface area contributed by atoms with Gasteiger partial charge < -0.3 is 9.47 Å². The first-order chi connectivity index (χ1) is 10.1. The lowest BCUT2D eigenvalue weighted by molar-refractivity contribution is -0.180. The standard InChI is InChI=1S/C19H34O4/c1-11-19(12-2,17(6,7)8)15(21)22-13-14(20)23-18(9,10)16(3,4)5/h11H,1,12-13H2,2-10H3. The average Bonchev–Trinajstić information content (AvgIpc) is 2.34. The van der Waals surface area contributed by atoms with Gasteiger partial charge in [0.25, 0.3) is 0 Å². The van der Waals surface area contributed by atoms with Crippen LogP contribution < -0.4 is 0 Å². The Balaban J connectivity index is 4.96. The van der Waals surface area contributed by atoms with E-state index in [9.17, 15) is 9.59 Å². The largest absolute Gasteiger partial charge is 0.457 e. The topological polar surface area (TPSA) is 52.6 Å². The Morgan fingerprint density at radius 1 is 0.957 bits per heavy atom. The highest BCUT2D eigenvalue weighted by Crippen LogP contribution is 2.43. The van der Waals surface area contributed by atoms with Crippen LogP contribution in [0.1, 0.15) is 68.7 Å². The molecule has 0 rings (SSSR count). The zero-order valence-corrected chi connectivity index (χ0v) is 16.3. The Morgan fingerprint density at radius 3 is 1.74 bits per heavy atom. The predicted molar refractivity (Wildman–Crippen MR) is 93.0 cm³/mol. The van der Waals surface area contributed by atoms with Gasteiger partial charge in [-0.25, -0.2) is 4.79 Å². The fourth-order valence-corrected chi connectivity index (χ4v) is 2.24. The molecule has 0 bridgehead atoms. The molecular weight excluding hydrogens is 292 g/mol. The lowest BCUT2D eigenvalue weighted by Crippen LogP contribution is -2.44. The number of carbonyl (C=O) groups is 2. The van der Waals surface area contributed by atoms with Crippen molar-refractivity contribution in [3.63, 3.8) is 0 Å². The highest BCUT2D eigenvalue weighted by Gasteiger charge is 2.46. The molecule has 0 aliphatic carbocycles. The maximum absolute atomic E-state index is 12.5. The number of hydrogen-bond acceptors (Lipinski definition) is 4. The Morgan fingerprint density at radius 2 is 1.43 bits per heavy atom. The Labute approximate surface area is 141 Å². The van der Waals surface area contributed by atoms with Gasteiger partial charge in [0, 0.05) is 5.41 Å². The molecule has 0 aromatic rings. The molecule has 1 unspecified atom stereocenters. The van der Waals surface area contributed by atoms with E-state index in [1.807, 2.05) is 62.3 Å². The van der Waals surface area contributed by atoms with Crippen LogP contribution in [-0.2, 0) is 19.1 Å². The third-order valence-corrected chi connectivity index (χ3v) is 5.11. The third-order valence-electron chi connectivity index (χ3n) is 5.11. The van der Waals surface area contributed by atoms with Gasteiger partial charge in [-0.3, -0.25) is 4.79 Å². The summed E-state index contributed by atoms with van der Waals surface area (Å²) in [5.74, 6) is -0.978. The van der Waals surface area contributed by atoms with Crippen molar-refractivity contribution in [3.8, 4) is 0 Å². The van der Waals surface area contributed by atoms with E-state index in [-0.39, 0.29) is 17.4 Å². The zero-order chi connectivity index (χ0) is 18.7. The fourth-order valence-electron chi connectivity index (χ4n) is 2.24. The van der Waals surface area contributed by atoms with Crippen LogP contribution in [0.4, 0.5) is 0 Å². The molecular formula is C19H34O4. The molecule has 0 spiro atoms. The first-order valence-corrected chi connectivity index (χ1v) is 8.17.